The number of rotatable bonds is 3. The van der Waals surface area contributed by atoms with Crippen LogP contribution in [0.5, 0.6) is 0 Å². The zero-order valence-corrected chi connectivity index (χ0v) is 9.36. The number of nitrogens with zero attached hydrogens (tertiary/aromatic N) is 2. The molecule has 3 nitrogen and oxygen atoms in total. The van der Waals surface area contributed by atoms with Gasteiger partial charge in [0, 0.05) is 6.54 Å². The molecule has 3 heteroatoms. The van der Waals surface area contributed by atoms with Crippen molar-refractivity contribution in [2.24, 2.45) is 16.6 Å². The Balaban J connectivity index is 1.99. The summed E-state index contributed by atoms with van der Waals surface area (Å²) < 4.78 is 0. The van der Waals surface area contributed by atoms with Crippen LogP contribution < -0.4 is 5.73 Å². The molecule has 2 aliphatic rings. The van der Waals surface area contributed by atoms with E-state index in [0.717, 1.165) is 19.0 Å². The highest BCUT2D eigenvalue weighted by Crippen LogP contribution is 2.30. The molecule has 15 heavy (non-hydrogen) atoms. The van der Waals surface area contributed by atoms with Crippen molar-refractivity contribution in [2.45, 2.75) is 38.1 Å². The second-order valence-electron chi connectivity index (χ2n) is 4.61. The second kappa shape index (κ2) is 4.69. The number of hydrogen-bond acceptors (Lipinski definition) is 3. The van der Waals surface area contributed by atoms with Gasteiger partial charge in [-0.3, -0.25) is 4.99 Å². The molecule has 0 aromatic rings. The predicted octanol–water partition coefficient (Wildman–Crippen LogP) is 1.75. The van der Waals surface area contributed by atoms with E-state index in [9.17, 15) is 0 Å². The van der Waals surface area contributed by atoms with Gasteiger partial charge < -0.3 is 10.6 Å². The Kier molecular flexibility index (Phi) is 3.29. The van der Waals surface area contributed by atoms with Gasteiger partial charge in [-0.1, -0.05) is 25.3 Å². The molecule has 0 aromatic carbocycles. The van der Waals surface area contributed by atoms with Crippen LogP contribution in [0.25, 0.3) is 0 Å². The highest BCUT2D eigenvalue weighted by Gasteiger charge is 2.32. The Morgan fingerprint density at radius 2 is 2.13 bits per heavy atom. The Morgan fingerprint density at radius 3 is 2.80 bits per heavy atom. The van der Waals surface area contributed by atoms with Crippen molar-refractivity contribution in [3.63, 3.8) is 0 Å². The van der Waals surface area contributed by atoms with Gasteiger partial charge in [0.15, 0.2) is 5.96 Å². The third-order valence-electron chi connectivity index (χ3n) is 3.65. The van der Waals surface area contributed by atoms with E-state index in [1.165, 1.54) is 32.1 Å². The molecule has 1 saturated carbocycles. The number of hydrogen-bond donors (Lipinski definition) is 1. The lowest BCUT2D eigenvalue weighted by molar-refractivity contribution is 0.213. The van der Waals surface area contributed by atoms with Crippen LogP contribution in [0.1, 0.15) is 32.1 Å². The monoisotopic (exact) mass is 207 g/mol. The van der Waals surface area contributed by atoms with Gasteiger partial charge in [-0.2, -0.15) is 0 Å². The molecule has 0 spiro atoms. The minimum atomic E-state index is 0.545. The van der Waals surface area contributed by atoms with Gasteiger partial charge in [0.1, 0.15) is 0 Å². The maximum atomic E-state index is 5.89. The zero-order chi connectivity index (χ0) is 10.7. The lowest BCUT2D eigenvalue weighted by atomic mass is 9.83. The normalized spacial score (nSPS) is 27.9. The smallest absolute Gasteiger partial charge is 0.191 e. The molecule has 1 aliphatic heterocycles. The maximum absolute atomic E-state index is 5.89. The molecule has 0 amide bonds. The SMILES string of the molecule is C=CCN1C(N)=NCC1C1CCCCC1. The van der Waals surface area contributed by atoms with Crippen LogP contribution in [0, 0.1) is 5.92 Å². The minimum absolute atomic E-state index is 0.545. The van der Waals surface area contributed by atoms with Crippen molar-refractivity contribution >= 4 is 5.96 Å². The first kappa shape index (κ1) is 10.5. The van der Waals surface area contributed by atoms with E-state index in [1.807, 2.05) is 6.08 Å². The Morgan fingerprint density at radius 1 is 1.40 bits per heavy atom. The fraction of sp³-hybridized carbons (Fsp3) is 0.750. The molecule has 2 rings (SSSR count). The summed E-state index contributed by atoms with van der Waals surface area (Å²) in [6.45, 7) is 5.52. The average molecular weight is 207 g/mol. The van der Waals surface area contributed by atoms with Crippen LogP contribution >= 0.6 is 0 Å². The van der Waals surface area contributed by atoms with Gasteiger partial charge in [-0.05, 0) is 18.8 Å². The molecule has 2 N–H and O–H groups in total. The summed E-state index contributed by atoms with van der Waals surface area (Å²) in [7, 11) is 0. The summed E-state index contributed by atoms with van der Waals surface area (Å²) in [4.78, 5) is 6.59. The van der Waals surface area contributed by atoms with E-state index in [0.29, 0.717) is 12.0 Å². The minimum Gasteiger partial charge on any atom is -0.370 e. The fourth-order valence-electron chi connectivity index (χ4n) is 2.84. The van der Waals surface area contributed by atoms with Gasteiger partial charge in [0.05, 0.1) is 12.6 Å². The molecular formula is C12H21N3. The van der Waals surface area contributed by atoms with Crippen LogP contribution in [0.15, 0.2) is 17.6 Å². The third kappa shape index (κ3) is 2.16. The third-order valence-corrected chi connectivity index (χ3v) is 3.65. The van der Waals surface area contributed by atoms with Crippen LogP contribution in [-0.4, -0.2) is 30.0 Å². The lowest BCUT2D eigenvalue weighted by Crippen LogP contribution is -2.45. The second-order valence-corrected chi connectivity index (χ2v) is 4.61. The Bertz CT molecular complexity index is 254. The Hall–Kier alpha value is -0.990. The first-order chi connectivity index (χ1) is 7.33. The highest BCUT2D eigenvalue weighted by atomic mass is 15.3. The number of guanidine groups is 1. The molecule has 0 saturated heterocycles. The van der Waals surface area contributed by atoms with Crippen molar-refractivity contribution in [1.82, 2.24) is 4.90 Å². The summed E-state index contributed by atoms with van der Waals surface area (Å²) in [6, 6.07) is 0.545. The van der Waals surface area contributed by atoms with Gasteiger partial charge in [-0.25, -0.2) is 0 Å². The quantitative estimate of drug-likeness (QED) is 0.716. The number of nitrogens with two attached hydrogens (primary N) is 1. The topological polar surface area (TPSA) is 41.6 Å². The average Bonchev–Trinajstić information content (AvgIpc) is 2.63. The van der Waals surface area contributed by atoms with E-state index >= 15 is 0 Å². The molecule has 1 atom stereocenters. The van der Waals surface area contributed by atoms with Crippen LogP contribution in [0.3, 0.4) is 0 Å². The van der Waals surface area contributed by atoms with E-state index in [2.05, 4.69) is 16.5 Å². The van der Waals surface area contributed by atoms with Crippen molar-refractivity contribution < 1.29 is 0 Å². The summed E-state index contributed by atoms with van der Waals surface area (Å²) in [5.41, 5.74) is 5.89. The van der Waals surface area contributed by atoms with E-state index in [4.69, 9.17) is 5.73 Å². The van der Waals surface area contributed by atoms with Crippen LogP contribution in [-0.2, 0) is 0 Å². The van der Waals surface area contributed by atoms with Crippen molar-refractivity contribution in [3.05, 3.63) is 12.7 Å². The van der Waals surface area contributed by atoms with E-state index < -0.39 is 0 Å². The van der Waals surface area contributed by atoms with Gasteiger partial charge in [0.25, 0.3) is 0 Å². The van der Waals surface area contributed by atoms with Crippen LogP contribution in [0.4, 0.5) is 0 Å². The van der Waals surface area contributed by atoms with Gasteiger partial charge in [-0.15, -0.1) is 6.58 Å². The van der Waals surface area contributed by atoms with E-state index in [-0.39, 0.29) is 0 Å². The molecular weight excluding hydrogens is 186 g/mol. The van der Waals surface area contributed by atoms with Crippen molar-refractivity contribution in [3.8, 4) is 0 Å². The molecule has 84 valence electrons. The standard InChI is InChI=1S/C12H21N3/c1-2-8-15-11(9-14-12(15)13)10-6-4-3-5-7-10/h2,10-11H,1,3-9H2,(H2,13,14). The largest absolute Gasteiger partial charge is 0.370 e. The zero-order valence-electron chi connectivity index (χ0n) is 9.36. The summed E-state index contributed by atoms with van der Waals surface area (Å²) in [5, 5.41) is 0. The highest BCUT2D eigenvalue weighted by molar-refractivity contribution is 5.80. The molecule has 0 radical (unpaired) electrons. The van der Waals surface area contributed by atoms with Gasteiger partial charge in [0.2, 0.25) is 0 Å². The van der Waals surface area contributed by atoms with Crippen molar-refractivity contribution in [1.29, 1.82) is 0 Å². The molecule has 0 aromatic heterocycles. The first-order valence-electron chi connectivity index (χ1n) is 6.00. The van der Waals surface area contributed by atoms with Crippen LogP contribution in [0.2, 0.25) is 0 Å². The summed E-state index contributed by atoms with van der Waals surface area (Å²) >= 11 is 0. The maximum Gasteiger partial charge on any atom is 0.191 e. The summed E-state index contributed by atoms with van der Waals surface area (Å²) in [5.74, 6) is 1.51. The molecule has 1 unspecified atom stereocenters. The molecule has 1 heterocycles. The Labute approximate surface area is 92.0 Å². The lowest BCUT2D eigenvalue weighted by Gasteiger charge is -2.34. The molecule has 0 bridgehead atoms. The molecule has 1 aliphatic carbocycles. The predicted molar refractivity (Wildman–Crippen MR) is 63.8 cm³/mol. The van der Waals surface area contributed by atoms with Gasteiger partial charge >= 0.3 is 0 Å². The van der Waals surface area contributed by atoms with E-state index in [1.54, 1.807) is 0 Å². The summed E-state index contributed by atoms with van der Waals surface area (Å²) in [6.07, 6.45) is 8.78. The fourth-order valence-corrected chi connectivity index (χ4v) is 2.84. The first-order valence-corrected chi connectivity index (χ1v) is 6.00. The number of aliphatic imine (C=N–C) groups is 1. The van der Waals surface area contributed by atoms with Crippen molar-refractivity contribution in [2.75, 3.05) is 13.1 Å². The molecule has 1 fully saturated rings.